The summed E-state index contributed by atoms with van der Waals surface area (Å²) in [5.74, 6) is -0.245. The van der Waals surface area contributed by atoms with Crippen molar-refractivity contribution in [2.75, 3.05) is 6.54 Å². The molecule has 3 aromatic rings. The van der Waals surface area contributed by atoms with Crippen LogP contribution >= 0.6 is 0 Å². The molecule has 3 rings (SSSR count). The summed E-state index contributed by atoms with van der Waals surface area (Å²) in [5, 5.41) is 0.0108. The molecule has 0 saturated carbocycles. The zero-order valence-electron chi connectivity index (χ0n) is 17.9. The maximum atomic E-state index is 13.3. The van der Waals surface area contributed by atoms with Crippen LogP contribution in [-0.2, 0) is 33.5 Å². The molecule has 7 heteroatoms. The molecule has 1 heterocycles. The fourth-order valence-corrected chi connectivity index (χ4v) is 4.99. The van der Waals surface area contributed by atoms with Crippen molar-refractivity contribution >= 4 is 15.7 Å². The lowest BCUT2D eigenvalue weighted by Crippen LogP contribution is -2.29. The Bertz CT molecular complexity index is 1170. The van der Waals surface area contributed by atoms with Gasteiger partial charge in [-0.15, -0.1) is 6.58 Å². The van der Waals surface area contributed by atoms with Crippen LogP contribution in [0.25, 0.3) is 0 Å². The van der Waals surface area contributed by atoms with Crippen LogP contribution in [0.4, 0.5) is 0 Å². The minimum Gasteiger partial charge on any atom is -0.333 e. The Balaban J connectivity index is 2.03. The number of carbonyl (C=O) groups excluding carboxylic acids is 1. The Hall–Kier alpha value is -3.19. The van der Waals surface area contributed by atoms with Gasteiger partial charge in [0.2, 0.25) is 20.9 Å². The minimum absolute atomic E-state index is 0.0108. The van der Waals surface area contributed by atoms with Crippen molar-refractivity contribution in [3.8, 4) is 0 Å². The molecule has 6 nitrogen and oxygen atoms in total. The lowest BCUT2D eigenvalue weighted by molar-refractivity contribution is -0.128. The zero-order valence-corrected chi connectivity index (χ0v) is 18.7. The van der Waals surface area contributed by atoms with E-state index in [1.165, 1.54) is 6.92 Å². The molecule has 0 radical (unpaired) electrons. The lowest BCUT2D eigenvalue weighted by atomic mass is 10.1. The third kappa shape index (κ3) is 5.49. The number of nitrogens with zero attached hydrogens (tertiary/aromatic N) is 3. The van der Waals surface area contributed by atoms with E-state index in [9.17, 15) is 13.2 Å². The van der Waals surface area contributed by atoms with Gasteiger partial charge in [-0.05, 0) is 23.6 Å². The third-order valence-corrected chi connectivity index (χ3v) is 6.69. The molecule has 2 aromatic carbocycles. The molecule has 0 unspecified atom stereocenters. The Labute approximate surface area is 183 Å². The fourth-order valence-electron chi connectivity index (χ4n) is 3.40. The molecule has 0 aliphatic carbocycles. The highest BCUT2D eigenvalue weighted by Gasteiger charge is 2.25. The smallest absolute Gasteiger partial charge is 0.228 e. The quantitative estimate of drug-likeness (QED) is 0.478. The van der Waals surface area contributed by atoms with Gasteiger partial charge < -0.3 is 9.47 Å². The highest BCUT2D eigenvalue weighted by molar-refractivity contribution is 7.90. The van der Waals surface area contributed by atoms with E-state index in [2.05, 4.69) is 11.6 Å². The van der Waals surface area contributed by atoms with Gasteiger partial charge in [0.15, 0.2) is 0 Å². The summed E-state index contributed by atoms with van der Waals surface area (Å²) in [6.45, 7) is 8.05. The van der Waals surface area contributed by atoms with E-state index in [1.807, 2.05) is 61.5 Å². The summed E-state index contributed by atoms with van der Waals surface area (Å²) in [7, 11) is -3.71. The summed E-state index contributed by atoms with van der Waals surface area (Å²) < 4.78 is 28.4. The fraction of sp³-hybridized carbons (Fsp3) is 0.250. The minimum atomic E-state index is -3.71. The zero-order chi connectivity index (χ0) is 22.4. The highest BCUT2D eigenvalue weighted by Crippen LogP contribution is 2.21. The van der Waals surface area contributed by atoms with Crippen LogP contribution in [0, 0.1) is 6.92 Å². The van der Waals surface area contributed by atoms with Gasteiger partial charge in [-0.2, -0.15) is 0 Å². The van der Waals surface area contributed by atoms with Gasteiger partial charge in [-0.25, -0.2) is 13.4 Å². The first-order valence-electron chi connectivity index (χ1n) is 10.0. The summed E-state index contributed by atoms with van der Waals surface area (Å²) in [4.78, 5) is 17.9. The van der Waals surface area contributed by atoms with Crippen LogP contribution in [0.15, 0.2) is 78.6 Å². The summed E-state index contributed by atoms with van der Waals surface area (Å²) in [6.07, 6.45) is 3.20. The van der Waals surface area contributed by atoms with Crippen molar-refractivity contribution in [1.82, 2.24) is 14.5 Å². The standard InChI is InChI=1S/C24H27N3O3S/c1-4-14-26(20(3)28)17-23-15-25-24(27(23)16-21-11-6-5-7-12-21)31(29,30)18-22-13-9-8-10-19(22)2/h4-13,15H,1,14,16-18H2,2-3H3. The number of sulfone groups is 1. The Morgan fingerprint density at radius 2 is 1.81 bits per heavy atom. The van der Waals surface area contributed by atoms with Gasteiger partial charge in [-0.1, -0.05) is 60.7 Å². The molecule has 0 saturated heterocycles. The average molecular weight is 438 g/mol. The molecule has 31 heavy (non-hydrogen) atoms. The molecule has 0 spiro atoms. The normalized spacial score (nSPS) is 11.3. The number of imidazole rings is 1. The van der Waals surface area contributed by atoms with E-state index in [0.29, 0.717) is 18.8 Å². The molecule has 1 aromatic heterocycles. The Morgan fingerprint density at radius 3 is 2.45 bits per heavy atom. The lowest BCUT2D eigenvalue weighted by Gasteiger charge is -2.21. The third-order valence-electron chi connectivity index (χ3n) is 5.12. The molecule has 0 atom stereocenters. The topological polar surface area (TPSA) is 72.3 Å². The summed E-state index contributed by atoms with van der Waals surface area (Å²) in [6, 6.07) is 17.0. The molecule has 1 amide bonds. The van der Waals surface area contributed by atoms with Crippen molar-refractivity contribution in [1.29, 1.82) is 0 Å². The average Bonchev–Trinajstić information content (AvgIpc) is 3.13. The summed E-state index contributed by atoms with van der Waals surface area (Å²) >= 11 is 0. The monoisotopic (exact) mass is 437 g/mol. The predicted octanol–water partition coefficient (Wildman–Crippen LogP) is 3.75. The molecule has 0 bridgehead atoms. The molecule has 162 valence electrons. The van der Waals surface area contributed by atoms with Gasteiger partial charge in [-0.3, -0.25) is 4.79 Å². The van der Waals surface area contributed by atoms with Gasteiger partial charge >= 0.3 is 0 Å². The first-order valence-corrected chi connectivity index (χ1v) is 11.7. The van der Waals surface area contributed by atoms with E-state index >= 15 is 0 Å². The molecule has 0 N–H and O–H groups in total. The first kappa shape index (κ1) is 22.5. The molecule has 0 fully saturated rings. The maximum Gasteiger partial charge on any atom is 0.228 e. The molecule has 0 aliphatic rings. The number of hydrogen-bond donors (Lipinski definition) is 0. The van der Waals surface area contributed by atoms with Crippen LogP contribution in [0.1, 0.15) is 29.3 Å². The van der Waals surface area contributed by atoms with Crippen LogP contribution in [-0.4, -0.2) is 35.3 Å². The van der Waals surface area contributed by atoms with Crippen molar-refractivity contribution in [2.24, 2.45) is 0 Å². The van der Waals surface area contributed by atoms with Crippen molar-refractivity contribution < 1.29 is 13.2 Å². The second-order valence-corrected chi connectivity index (χ2v) is 9.36. The highest BCUT2D eigenvalue weighted by atomic mass is 32.2. The largest absolute Gasteiger partial charge is 0.333 e. The van der Waals surface area contributed by atoms with Gasteiger partial charge in [0.1, 0.15) is 0 Å². The van der Waals surface area contributed by atoms with Gasteiger partial charge in [0, 0.05) is 13.5 Å². The number of carbonyl (C=O) groups is 1. The van der Waals surface area contributed by atoms with Crippen LogP contribution in [0.2, 0.25) is 0 Å². The Morgan fingerprint density at radius 1 is 1.13 bits per heavy atom. The number of rotatable bonds is 9. The molecule has 0 aliphatic heterocycles. The van der Waals surface area contributed by atoms with Gasteiger partial charge in [0.25, 0.3) is 0 Å². The second kappa shape index (κ2) is 9.75. The maximum absolute atomic E-state index is 13.3. The van der Waals surface area contributed by atoms with Gasteiger partial charge in [0.05, 0.1) is 30.7 Å². The number of aryl methyl sites for hydroxylation is 1. The van der Waals surface area contributed by atoms with E-state index < -0.39 is 9.84 Å². The predicted molar refractivity (Wildman–Crippen MR) is 121 cm³/mol. The Kier molecular flexibility index (Phi) is 7.07. The molecular weight excluding hydrogens is 410 g/mol. The number of hydrogen-bond acceptors (Lipinski definition) is 4. The van der Waals surface area contributed by atoms with Crippen molar-refractivity contribution in [3.63, 3.8) is 0 Å². The summed E-state index contributed by atoms with van der Waals surface area (Å²) in [5.41, 5.74) is 3.27. The van der Waals surface area contributed by atoms with E-state index in [4.69, 9.17) is 0 Å². The van der Waals surface area contributed by atoms with Crippen molar-refractivity contribution in [3.05, 3.63) is 95.8 Å². The van der Waals surface area contributed by atoms with Crippen LogP contribution in [0.5, 0.6) is 0 Å². The number of benzene rings is 2. The number of aromatic nitrogens is 2. The first-order chi connectivity index (χ1) is 14.8. The SMILES string of the molecule is C=CCN(Cc1cnc(S(=O)(=O)Cc2ccccc2C)n1Cc1ccccc1)C(C)=O. The molecular formula is C24H27N3O3S. The second-order valence-electron chi connectivity index (χ2n) is 7.48. The van der Waals surface area contributed by atoms with E-state index in [0.717, 1.165) is 16.7 Å². The number of amides is 1. The van der Waals surface area contributed by atoms with Crippen LogP contribution < -0.4 is 0 Å². The van der Waals surface area contributed by atoms with E-state index in [1.54, 1.807) is 21.7 Å². The van der Waals surface area contributed by atoms with Crippen LogP contribution in [0.3, 0.4) is 0 Å². The van der Waals surface area contributed by atoms with E-state index in [-0.39, 0.29) is 23.4 Å². The van der Waals surface area contributed by atoms with Crippen molar-refractivity contribution in [2.45, 2.75) is 37.8 Å².